The first-order valence-corrected chi connectivity index (χ1v) is 5.49. The van der Waals surface area contributed by atoms with Gasteiger partial charge in [0.15, 0.2) is 0 Å². The highest BCUT2D eigenvalue weighted by atomic mass is 19.1. The fourth-order valence-corrected chi connectivity index (χ4v) is 1.28. The van der Waals surface area contributed by atoms with Crippen molar-refractivity contribution >= 4 is 6.09 Å². The van der Waals surface area contributed by atoms with Crippen molar-refractivity contribution in [1.29, 1.82) is 0 Å². The maximum Gasteiger partial charge on any atom is 0.407 e. The van der Waals surface area contributed by atoms with Gasteiger partial charge in [0, 0.05) is 19.6 Å². The minimum atomic E-state index is -0.546. The second-order valence-electron chi connectivity index (χ2n) is 3.48. The molecule has 0 saturated heterocycles. The van der Waals surface area contributed by atoms with E-state index in [1.165, 1.54) is 6.07 Å². The predicted molar refractivity (Wildman–Crippen MR) is 61.2 cm³/mol. The molecule has 0 aliphatic heterocycles. The van der Waals surface area contributed by atoms with E-state index in [0.717, 1.165) is 0 Å². The number of aliphatic hydroxyl groups is 1. The van der Waals surface area contributed by atoms with E-state index in [4.69, 9.17) is 9.84 Å². The lowest BCUT2D eigenvalue weighted by Gasteiger charge is -2.06. The maximum absolute atomic E-state index is 13.2. The van der Waals surface area contributed by atoms with Crippen molar-refractivity contribution in [3.63, 3.8) is 0 Å². The number of carbonyl (C=O) groups is 1. The van der Waals surface area contributed by atoms with E-state index in [1.807, 2.05) is 0 Å². The Bertz CT molecular complexity index is 357. The highest BCUT2D eigenvalue weighted by molar-refractivity contribution is 5.67. The molecule has 0 radical (unpaired) electrons. The molecule has 17 heavy (non-hydrogen) atoms. The van der Waals surface area contributed by atoms with E-state index in [9.17, 15) is 9.18 Å². The average Bonchev–Trinajstić information content (AvgIpc) is 2.32. The third-order valence-corrected chi connectivity index (χ3v) is 2.17. The fourth-order valence-electron chi connectivity index (χ4n) is 1.28. The van der Waals surface area contributed by atoms with Gasteiger partial charge >= 0.3 is 6.09 Å². The summed E-state index contributed by atoms with van der Waals surface area (Å²) in [4.78, 5) is 11.1. The monoisotopic (exact) mass is 241 g/mol. The molecule has 0 fully saturated rings. The number of hydrogen-bond acceptors (Lipinski definition) is 3. The van der Waals surface area contributed by atoms with Gasteiger partial charge in [0.1, 0.15) is 5.82 Å². The zero-order chi connectivity index (χ0) is 12.5. The van der Waals surface area contributed by atoms with E-state index in [-0.39, 0.29) is 19.0 Å². The number of aliphatic hydroxyl groups excluding tert-OH is 1. The Morgan fingerprint density at radius 1 is 1.41 bits per heavy atom. The van der Waals surface area contributed by atoms with Gasteiger partial charge in [0.25, 0.3) is 0 Å². The molecule has 0 aliphatic rings. The van der Waals surface area contributed by atoms with Gasteiger partial charge < -0.3 is 15.2 Å². The number of hydrogen-bond donors (Lipinski definition) is 2. The molecule has 0 unspecified atom stereocenters. The van der Waals surface area contributed by atoms with Gasteiger partial charge in [-0.2, -0.15) is 0 Å². The third kappa shape index (κ3) is 5.31. The summed E-state index contributed by atoms with van der Waals surface area (Å²) in [7, 11) is 0. The average molecular weight is 241 g/mol. The van der Waals surface area contributed by atoms with Gasteiger partial charge in [0.05, 0.1) is 6.61 Å². The van der Waals surface area contributed by atoms with Crippen LogP contribution in [0.2, 0.25) is 0 Å². The highest BCUT2D eigenvalue weighted by Crippen LogP contribution is 2.06. The molecule has 1 amide bonds. The molecule has 0 aliphatic carbocycles. The molecule has 1 aromatic rings. The first kappa shape index (κ1) is 13.4. The molecule has 0 heterocycles. The summed E-state index contributed by atoms with van der Waals surface area (Å²) in [6, 6.07) is 6.38. The molecule has 0 atom stereocenters. The smallest absolute Gasteiger partial charge is 0.407 e. The molecule has 1 rings (SSSR count). The van der Waals surface area contributed by atoms with Crippen LogP contribution in [0.5, 0.6) is 0 Å². The number of benzene rings is 1. The summed E-state index contributed by atoms with van der Waals surface area (Å²) in [5.41, 5.74) is 0.524. The fraction of sp³-hybridized carbons (Fsp3) is 0.417. The maximum atomic E-state index is 13.2. The first-order valence-electron chi connectivity index (χ1n) is 5.49. The van der Waals surface area contributed by atoms with Gasteiger partial charge in [0.2, 0.25) is 0 Å². The molecular weight excluding hydrogens is 225 g/mol. The van der Waals surface area contributed by atoms with Crippen LogP contribution in [0.1, 0.15) is 12.0 Å². The summed E-state index contributed by atoms with van der Waals surface area (Å²) >= 11 is 0. The number of nitrogens with one attached hydrogen (secondary N) is 1. The minimum Gasteiger partial charge on any atom is -0.449 e. The topological polar surface area (TPSA) is 58.6 Å². The normalized spacial score (nSPS) is 10.0. The Morgan fingerprint density at radius 2 is 2.18 bits per heavy atom. The van der Waals surface area contributed by atoms with E-state index >= 15 is 0 Å². The van der Waals surface area contributed by atoms with Crippen molar-refractivity contribution in [3.8, 4) is 0 Å². The molecule has 0 spiro atoms. The molecular formula is C12H16FNO3. The quantitative estimate of drug-likeness (QED) is 0.742. The van der Waals surface area contributed by atoms with E-state index < -0.39 is 6.09 Å². The molecule has 0 bridgehead atoms. The lowest BCUT2D eigenvalue weighted by molar-refractivity contribution is 0.146. The zero-order valence-electron chi connectivity index (χ0n) is 9.49. The van der Waals surface area contributed by atoms with Gasteiger partial charge in [-0.05, 0) is 18.1 Å². The van der Waals surface area contributed by atoms with Crippen molar-refractivity contribution in [1.82, 2.24) is 5.32 Å². The van der Waals surface area contributed by atoms with Crippen LogP contribution in [-0.4, -0.2) is 31.0 Å². The molecule has 0 saturated carbocycles. The van der Waals surface area contributed by atoms with Crippen LogP contribution in [-0.2, 0) is 11.2 Å². The largest absolute Gasteiger partial charge is 0.449 e. The number of ether oxygens (including phenoxy) is 1. The summed E-state index contributed by atoms with van der Waals surface area (Å²) in [5.74, 6) is -0.295. The van der Waals surface area contributed by atoms with Crippen LogP contribution in [0, 0.1) is 5.82 Å². The van der Waals surface area contributed by atoms with Crippen LogP contribution < -0.4 is 5.32 Å². The van der Waals surface area contributed by atoms with E-state index in [1.54, 1.807) is 18.2 Å². The number of halogens is 1. The van der Waals surface area contributed by atoms with E-state index in [0.29, 0.717) is 24.9 Å². The van der Waals surface area contributed by atoms with Crippen LogP contribution in [0.3, 0.4) is 0 Å². The van der Waals surface area contributed by atoms with Crippen LogP contribution in [0.4, 0.5) is 9.18 Å². The Balaban J connectivity index is 2.19. The molecule has 0 aromatic heterocycles. The SMILES string of the molecule is O=C(NCCCO)OCCc1ccccc1F. The third-order valence-electron chi connectivity index (χ3n) is 2.17. The first-order chi connectivity index (χ1) is 8.24. The molecule has 5 heteroatoms. The van der Waals surface area contributed by atoms with Crippen molar-refractivity contribution in [2.45, 2.75) is 12.8 Å². The summed E-state index contributed by atoms with van der Waals surface area (Å²) < 4.78 is 18.0. The number of alkyl carbamates (subject to hydrolysis) is 1. The van der Waals surface area contributed by atoms with E-state index in [2.05, 4.69) is 5.32 Å². The molecule has 2 N–H and O–H groups in total. The summed E-state index contributed by atoms with van der Waals surface area (Å²) in [6.45, 7) is 0.524. The Kier molecular flexibility index (Phi) is 6.03. The second-order valence-corrected chi connectivity index (χ2v) is 3.48. The Morgan fingerprint density at radius 3 is 2.88 bits per heavy atom. The Hall–Kier alpha value is -1.62. The minimum absolute atomic E-state index is 0.0233. The summed E-state index contributed by atoms with van der Waals surface area (Å²) in [6.07, 6.45) is 0.289. The molecule has 94 valence electrons. The van der Waals surface area contributed by atoms with Gasteiger partial charge in [-0.1, -0.05) is 18.2 Å². The predicted octanol–water partition coefficient (Wildman–Crippen LogP) is 1.48. The zero-order valence-corrected chi connectivity index (χ0v) is 9.49. The number of rotatable bonds is 6. The van der Waals surface area contributed by atoms with Crippen molar-refractivity contribution < 1.29 is 19.0 Å². The number of amides is 1. The summed E-state index contributed by atoms with van der Waals surface area (Å²) in [5, 5.41) is 11.0. The van der Waals surface area contributed by atoms with Crippen molar-refractivity contribution in [2.24, 2.45) is 0 Å². The van der Waals surface area contributed by atoms with Gasteiger partial charge in [-0.25, -0.2) is 9.18 Å². The standard InChI is InChI=1S/C12H16FNO3/c13-11-5-2-1-4-10(11)6-9-17-12(16)14-7-3-8-15/h1-2,4-5,15H,3,6-9H2,(H,14,16). The van der Waals surface area contributed by atoms with Crippen LogP contribution >= 0.6 is 0 Å². The molecule has 1 aromatic carbocycles. The Labute approximate surface area is 99.4 Å². The van der Waals surface area contributed by atoms with Gasteiger partial charge in [-0.15, -0.1) is 0 Å². The number of carbonyl (C=O) groups excluding carboxylic acids is 1. The lowest BCUT2D eigenvalue weighted by Crippen LogP contribution is -2.26. The van der Waals surface area contributed by atoms with Crippen molar-refractivity contribution in [3.05, 3.63) is 35.6 Å². The van der Waals surface area contributed by atoms with Crippen LogP contribution in [0.25, 0.3) is 0 Å². The highest BCUT2D eigenvalue weighted by Gasteiger charge is 2.03. The van der Waals surface area contributed by atoms with Gasteiger partial charge in [-0.3, -0.25) is 0 Å². The van der Waals surface area contributed by atoms with Crippen LogP contribution in [0.15, 0.2) is 24.3 Å². The lowest BCUT2D eigenvalue weighted by atomic mass is 10.1. The van der Waals surface area contributed by atoms with Crippen molar-refractivity contribution in [2.75, 3.05) is 19.8 Å². The molecule has 4 nitrogen and oxygen atoms in total. The second kappa shape index (κ2) is 7.62.